The minimum atomic E-state index is -1.17. The summed E-state index contributed by atoms with van der Waals surface area (Å²) in [6.07, 6.45) is 0. The zero-order valence-corrected chi connectivity index (χ0v) is 21.4. The summed E-state index contributed by atoms with van der Waals surface area (Å²) >= 11 is 18.0. The molecule has 2 N–H and O–H groups in total. The second-order valence-electron chi connectivity index (χ2n) is 8.48. The number of fused-ring (bicyclic) bond motifs is 4. The van der Waals surface area contributed by atoms with Gasteiger partial charge in [-0.15, -0.1) is 0 Å². The molecule has 9 heteroatoms. The molecule has 2 heterocycles. The Hall–Kier alpha value is -3.00. The van der Waals surface area contributed by atoms with E-state index < -0.39 is 17.7 Å². The van der Waals surface area contributed by atoms with Crippen molar-refractivity contribution in [2.45, 2.75) is 25.6 Å². The summed E-state index contributed by atoms with van der Waals surface area (Å²) in [4.78, 5) is 15.7. The minimum Gasteiger partial charge on any atom is -0.490 e. The van der Waals surface area contributed by atoms with Crippen LogP contribution in [0.25, 0.3) is 0 Å². The van der Waals surface area contributed by atoms with Crippen molar-refractivity contribution in [3.05, 3.63) is 82.3 Å². The Labute approximate surface area is 219 Å². The van der Waals surface area contributed by atoms with E-state index in [1.165, 1.54) is 0 Å². The Bertz CT molecular complexity index is 1290. The summed E-state index contributed by atoms with van der Waals surface area (Å²) in [5.41, 5.74) is 1.02. The highest BCUT2D eigenvalue weighted by molar-refractivity contribution is 7.80. The average Bonchev–Trinajstić information content (AvgIpc) is 2.82. The van der Waals surface area contributed by atoms with E-state index in [-0.39, 0.29) is 5.91 Å². The van der Waals surface area contributed by atoms with Crippen LogP contribution in [-0.2, 0) is 4.79 Å². The summed E-state index contributed by atoms with van der Waals surface area (Å²) in [6.45, 7) is 4.27. The number of para-hydroxylation sites is 1. The van der Waals surface area contributed by atoms with Gasteiger partial charge in [0.05, 0.1) is 12.6 Å². The Kier molecular flexibility index (Phi) is 6.25. The van der Waals surface area contributed by atoms with Crippen LogP contribution in [0.5, 0.6) is 11.5 Å². The molecular weight excluding hydrogens is 505 g/mol. The highest BCUT2D eigenvalue weighted by atomic mass is 35.5. The van der Waals surface area contributed by atoms with Gasteiger partial charge in [-0.2, -0.15) is 0 Å². The zero-order valence-electron chi connectivity index (χ0n) is 19.0. The summed E-state index contributed by atoms with van der Waals surface area (Å²) in [5.74, 6) is 0.306. The average molecular weight is 528 g/mol. The normalized spacial score (nSPS) is 22.5. The number of rotatable bonds is 5. The van der Waals surface area contributed by atoms with E-state index >= 15 is 0 Å². The summed E-state index contributed by atoms with van der Waals surface area (Å²) in [7, 11) is 0. The molecule has 0 aromatic heterocycles. The fourth-order valence-electron chi connectivity index (χ4n) is 4.77. The van der Waals surface area contributed by atoms with E-state index in [1.54, 1.807) is 36.4 Å². The molecule has 3 aromatic carbocycles. The molecule has 6 nitrogen and oxygen atoms in total. The third kappa shape index (κ3) is 4.18. The lowest BCUT2D eigenvalue weighted by Gasteiger charge is -2.56. The number of nitrogens with one attached hydrogen (secondary N) is 2. The monoisotopic (exact) mass is 527 g/mol. The number of amides is 1. The molecule has 35 heavy (non-hydrogen) atoms. The van der Waals surface area contributed by atoms with Crippen LogP contribution < -0.4 is 25.0 Å². The summed E-state index contributed by atoms with van der Waals surface area (Å²) in [6, 6.07) is 19.5. The number of thiocarbonyl (C=S) groups is 1. The molecule has 0 aliphatic carbocycles. The van der Waals surface area contributed by atoms with Crippen molar-refractivity contribution in [3.63, 3.8) is 0 Å². The highest BCUT2D eigenvalue weighted by Crippen LogP contribution is 2.52. The van der Waals surface area contributed by atoms with E-state index in [1.807, 2.05) is 49.1 Å². The molecule has 0 unspecified atom stereocenters. The zero-order chi connectivity index (χ0) is 24.7. The van der Waals surface area contributed by atoms with Gasteiger partial charge in [0.25, 0.3) is 0 Å². The molecule has 0 radical (unpaired) electrons. The number of hydrogen-bond acceptors (Lipinski definition) is 4. The second-order valence-corrected chi connectivity index (χ2v) is 9.74. The molecule has 2 bridgehead atoms. The predicted molar refractivity (Wildman–Crippen MR) is 143 cm³/mol. The lowest BCUT2D eigenvalue weighted by atomic mass is 9.78. The largest absolute Gasteiger partial charge is 0.490 e. The SMILES string of the molecule is CCOc1cccc2c1O[C@@]1(C)[C@@H](C(=O)Nc3ccc(Cl)cc3)[C@H]2NC(=S)N1c1ccc(Cl)cc1. The van der Waals surface area contributed by atoms with Gasteiger partial charge in [-0.25, -0.2) is 0 Å². The predicted octanol–water partition coefficient (Wildman–Crippen LogP) is 6.19. The Morgan fingerprint density at radius 2 is 1.77 bits per heavy atom. The van der Waals surface area contributed by atoms with Crippen LogP contribution in [0, 0.1) is 5.92 Å². The molecule has 3 atom stereocenters. The first-order valence-electron chi connectivity index (χ1n) is 11.2. The Morgan fingerprint density at radius 1 is 1.11 bits per heavy atom. The molecule has 0 spiro atoms. The van der Waals surface area contributed by atoms with Crippen molar-refractivity contribution >= 4 is 57.8 Å². The number of halogens is 2. The number of carbonyl (C=O) groups is 1. The van der Waals surface area contributed by atoms with Gasteiger partial charge in [-0.05, 0) is 80.7 Å². The van der Waals surface area contributed by atoms with Crippen LogP contribution in [0.3, 0.4) is 0 Å². The summed E-state index contributed by atoms with van der Waals surface area (Å²) in [5, 5.41) is 8.05. The van der Waals surface area contributed by atoms with E-state index in [9.17, 15) is 4.79 Å². The maximum atomic E-state index is 13.8. The molecule has 1 fully saturated rings. The van der Waals surface area contributed by atoms with Gasteiger partial charge < -0.3 is 20.1 Å². The highest BCUT2D eigenvalue weighted by Gasteiger charge is 2.59. The van der Waals surface area contributed by atoms with Gasteiger partial charge in [0.1, 0.15) is 5.92 Å². The topological polar surface area (TPSA) is 62.8 Å². The van der Waals surface area contributed by atoms with Crippen LogP contribution in [0.4, 0.5) is 11.4 Å². The smallest absolute Gasteiger partial charge is 0.236 e. The first-order chi connectivity index (χ1) is 16.8. The lowest BCUT2D eigenvalue weighted by molar-refractivity contribution is -0.130. The molecule has 2 aliphatic rings. The van der Waals surface area contributed by atoms with E-state index in [0.29, 0.717) is 39.0 Å². The van der Waals surface area contributed by atoms with Crippen LogP contribution in [0.1, 0.15) is 25.5 Å². The van der Waals surface area contributed by atoms with Gasteiger partial charge in [-0.3, -0.25) is 9.69 Å². The van der Waals surface area contributed by atoms with Gasteiger partial charge in [0.2, 0.25) is 5.91 Å². The van der Waals surface area contributed by atoms with E-state index in [2.05, 4.69) is 10.6 Å². The van der Waals surface area contributed by atoms with E-state index in [4.69, 9.17) is 44.9 Å². The molecule has 1 amide bonds. The Balaban J connectivity index is 1.63. The lowest BCUT2D eigenvalue weighted by Crippen LogP contribution is -2.72. The fraction of sp³-hybridized carbons (Fsp3) is 0.231. The Morgan fingerprint density at radius 3 is 2.43 bits per heavy atom. The van der Waals surface area contributed by atoms with Crippen molar-refractivity contribution < 1.29 is 14.3 Å². The van der Waals surface area contributed by atoms with Gasteiger partial charge in [-0.1, -0.05) is 35.3 Å². The molecule has 5 rings (SSSR count). The first-order valence-corrected chi connectivity index (χ1v) is 12.4. The van der Waals surface area contributed by atoms with Crippen molar-refractivity contribution in [3.8, 4) is 11.5 Å². The minimum absolute atomic E-state index is 0.221. The van der Waals surface area contributed by atoms with Gasteiger partial charge in [0, 0.05) is 27.0 Å². The fourth-order valence-corrected chi connectivity index (χ4v) is 5.44. The van der Waals surface area contributed by atoms with Crippen LogP contribution in [0.15, 0.2) is 66.7 Å². The molecule has 0 saturated carbocycles. The van der Waals surface area contributed by atoms with E-state index in [0.717, 1.165) is 11.3 Å². The number of ether oxygens (including phenoxy) is 2. The molecule has 3 aromatic rings. The third-order valence-corrected chi connectivity index (χ3v) is 7.07. The van der Waals surface area contributed by atoms with Crippen molar-refractivity contribution in [1.29, 1.82) is 0 Å². The first kappa shape index (κ1) is 23.7. The number of hydrogen-bond donors (Lipinski definition) is 2. The number of carbonyl (C=O) groups excluding carboxylic acids is 1. The second kappa shape index (κ2) is 9.22. The maximum absolute atomic E-state index is 13.8. The third-order valence-electron chi connectivity index (χ3n) is 6.27. The molecule has 180 valence electrons. The van der Waals surface area contributed by atoms with Crippen molar-refractivity contribution in [2.24, 2.45) is 5.92 Å². The number of nitrogens with zero attached hydrogens (tertiary/aromatic N) is 1. The molecule has 2 aliphatic heterocycles. The quantitative estimate of drug-likeness (QED) is 0.385. The summed E-state index contributed by atoms with van der Waals surface area (Å²) < 4.78 is 12.6. The number of benzene rings is 3. The van der Waals surface area contributed by atoms with Crippen molar-refractivity contribution in [2.75, 3.05) is 16.8 Å². The maximum Gasteiger partial charge on any atom is 0.236 e. The van der Waals surface area contributed by atoms with Crippen LogP contribution in [-0.4, -0.2) is 23.4 Å². The van der Waals surface area contributed by atoms with Crippen LogP contribution >= 0.6 is 35.4 Å². The van der Waals surface area contributed by atoms with Gasteiger partial charge >= 0.3 is 0 Å². The molecule has 1 saturated heterocycles. The standard InChI is InChI=1S/C26H23Cl2N3O3S/c1-3-33-20-6-4-5-19-22-21(24(32)29-17-11-7-15(27)8-12-17)26(2,34-23(19)20)31(25(35)30-22)18-13-9-16(28)10-14-18/h4-14,21-22H,3H2,1-2H3,(H,29,32)(H,30,35)/t21-,22+,26+/m1/s1. The van der Waals surface area contributed by atoms with Crippen molar-refractivity contribution in [1.82, 2.24) is 5.32 Å². The molecular formula is C26H23Cl2N3O3S. The van der Waals surface area contributed by atoms with Crippen LogP contribution in [0.2, 0.25) is 10.0 Å². The number of anilines is 2. The van der Waals surface area contributed by atoms with Gasteiger partial charge in [0.15, 0.2) is 22.3 Å².